The van der Waals surface area contributed by atoms with Gasteiger partial charge in [0.15, 0.2) is 0 Å². The highest BCUT2D eigenvalue weighted by Crippen LogP contribution is 2.24. The molecule has 0 fully saturated rings. The Kier molecular flexibility index (Phi) is 7.42. The molecule has 2 amide bonds. The zero-order valence-corrected chi connectivity index (χ0v) is 18.7. The third-order valence-electron chi connectivity index (χ3n) is 5.07. The lowest BCUT2D eigenvalue weighted by Crippen LogP contribution is -2.32. The first-order valence-corrected chi connectivity index (χ1v) is 10.7. The molecule has 0 spiro atoms. The van der Waals surface area contributed by atoms with Crippen molar-refractivity contribution in [1.82, 2.24) is 4.90 Å². The van der Waals surface area contributed by atoms with Crippen LogP contribution >= 0.6 is 0 Å². The number of anilines is 2. The zero-order chi connectivity index (χ0) is 23.8. The number of nitrogens with zero attached hydrogens (tertiary/aromatic N) is 1. The number of amides is 2. The van der Waals surface area contributed by atoms with Crippen LogP contribution in [0.15, 0.2) is 94.2 Å². The van der Waals surface area contributed by atoms with Crippen LogP contribution in [0.3, 0.4) is 0 Å². The maximum Gasteiger partial charge on any atom is 0.255 e. The smallest absolute Gasteiger partial charge is 0.255 e. The Morgan fingerprint density at radius 1 is 0.824 bits per heavy atom. The molecule has 0 aliphatic carbocycles. The molecule has 0 unspecified atom stereocenters. The molecule has 0 bridgehead atoms. The van der Waals surface area contributed by atoms with E-state index in [2.05, 4.69) is 10.6 Å². The number of hydrogen-bond donors (Lipinski definition) is 2. The van der Waals surface area contributed by atoms with Gasteiger partial charge in [0.1, 0.15) is 17.3 Å². The highest BCUT2D eigenvalue weighted by molar-refractivity contribution is 6.05. The van der Waals surface area contributed by atoms with Crippen LogP contribution < -0.4 is 15.4 Å². The first-order chi connectivity index (χ1) is 16.6. The summed E-state index contributed by atoms with van der Waals surface area (Å²) in [5.41, 5.74) is 1.64. The Morgan fingerprint density at radius 3 is 2.06 bits per heavy atom. The Balaban J connectivity index is 1.35. The number of carbonyl (C=O) groups excluding carboxylic acids is 2. The van der Waals surface area contributed by atoms with E-state index in [1.807, 2.05) is 41.3 Å². The van der Waals surface area contributed by atoms with E-state index in [0.29, 0.717) is 35.8 Å². The van der Waals surface area contributed by atoms with Gasteiger partial charge in [-0.05, 0) is 60.7 Å². The number of hydrogen-bond acceptors (Lipinski definition) is 6. The maximum absolute atomic E-state index is 12.7. The summed E-state index contributed by atoms with van der Waals surface area (Å²) in [6.45, 7) is 1.06. The second-order valence-corrected chi connectivity index (χ2v) is 7.58. The summed E-state index contributed by atoms with van der Waals surface area (Å²) in [7, 11) is 1.55. The van der Waals surface area contributed by atoms with Gasteiger partial charge in [0.25, 0.3) is 5.91 Å². The summed E-state index contributed by atoms with van der Waals surface area (Å²) < 4.78 is 16.1. The first-order valence-electron chi connectivity index (χ1n) is 10.7. The predicted octanol–water partition coefficient (Wildman–Crippen LogP) is 4.77. The number of para-hydroxylation sites is 2. The van der Waals surface area contributed by atoms with Gasteiger partial charge in [0.05, 0.1) is 45.0 Å². The van der Waals surface area contributed by atoms with Crippen LogP contribution in [0.2, 0.25) is 0 Å². The average molecular weight is 460 g/mol. The van der Waals surface area contributed by atoms with Crippen molar-refractivity contribution in [1.29, 1.82) is 0 Å². The number of furan rings is 2. The van der Waals surface area contributed by atoms with Crippen molar-refractivity contribution >= 4 is 23.2 Å². The Labute approximate surface area is 197 Å². The molecule has 0 aliphatic rings. The number of methoxy groups -OCH3 is 1. The zero-order valence-electron chi connectivity index (χ0n) is 18.7. The average Bonchev–Trinajstić information content (AvgIpc) is 3.54. The predicted molar refractivity (Wildman–Crippen MR) is 128 cm³/mol. The summed E-state index contributed by atoms with van der Waals surface area (Å²) in [5.74, 6) is 1.62. The monoisotopic (exact) mass is 459 g/mol. The van der Waals surface area contributed by atoms with Gasteiger partial charge in [-0.2, -0.15) is 0 Å². The molecule has 0 aliphatic heterocycles. The third-order valence-corrected chi connectivity index (χ3v) is 5.07. The van der Waals surface area contributed by atoms with E-state index in [0.717, 1.165) is 11.5 Å². The number of benzene rings is 2. The highest BCUT2D eigenvalue weighted by Gasteiger charge is 2.15. The summed E-state index contributed by atoms with van der Waals surface area (Å²) in [5, 5.41) is 5.70. The second kappa shape index (κ2) is 11.0. The molecule has 34 heavy (non-hydrogen) atoms. The fourth-order valence-corrected chi connectivity index (χ4v) is 3.46. The van der Waals surface area contributed by atoms with Gasteiger partial charge in [0.2, 0.25) is 5.91 Å². The largest absolute Gasteiger partial charge is 0.495 e. The SMILES string of the molecule is COc1ccccc1NC(=O)c1ccc(NC(=O)CN(Cc2ccco2)Cc2ccco2)cc1. The van der Waals surface area contributed by atoms with Crippen LogP contribution in [0.1, 0.15) is 21.9 Å². The number of rotatable bonds is 10. The number of ether oxygens (including phenoxy) is 1. The Bertz CT molecular complexity index is 1170. The first kappa shape index (κ1) is 22.9. The molecule has 2 heterocycles. The molecule has 0 atom stereocenters. The maximum atomic E-state index is 12.7. The van der Waals surface area contributed by atoms with Gasteiger partial charge in [-0.3, -0.25) is 14.5 Å². The molecule has 8 nitrogen and oxygen atoms in total. The van der Waals surface area contributed by atoms with E-state index < -0.39 is 0 Å². The molecule has 2 N–H and O–H groups in total. The normalized spacial score (nSPS) is 10.8. The fraction of sp³-hybridized carbons (Fsp3) is 0.154. The number of carbonyl (C=O) groups is 2. The van der Waals surface area contributed by atoms with Crippen molar-refractivity contribution in [2.45, 2.75) is 13.1 Å². The quantitative estimate of drug-likeness (QED) is 0.354. The fourth-order valence-electron chi connectivity index (χ4n) is 3.46. The molecule has 0 radical (unpaired) electrons. The van der Waals surface area contributed by atoms with E-state index in [9.17, 15) is 9.59 Å². The molecule has 0 saturated carbocycles. The van der Waals surface area contributed by atoms with Gasteiger partial charge < -0.3 is 24.2 Å². The topological polar surface area (TPSA) is 97.0 Å². The van der Waals surface area contributed by atoms with Crippen LogP contribution in [0, 0.1) is 0 Å². The minimum absolute atomic E-state index is 0.136. The van der Waals surface area contributed by atoms with Crippen molar-refractivity contribution in [3.63, 3.8) is 0 Å². The van der Waals surface area contributed by atoms with Crippen molar-refractivity contribution in [2.24, 2.45) is 0 Å². The van der Waals surface area contributed by atoms with Crippen LogP contribution in [0.5, 0.6) is 5.75 Å². The molecule has 4 aromatic rings. The van der Waals surface area contributed by atoms with Gasteiger partial charge in [-0.15, -0.1) is 0 Å². The van der Waals surface area contributed by atoms with Gasteiger partial charge >= 0.3 is 0 Å². The highest BCUT2D eigenvalue weighted by atomic mass is 16.5. The Morgan fingerprint density at radius 2 is 1.47 bits per heavy atom. The van der Waals surface area contributed by atoms with E-state index in [1.54, 1.807) is 56.0 Å². The van der Waals surface area contributed by atoms with Crippen molar-refractivity contribution in [3.8, 4) is 5.75 Å². The molecule has 174 valence electrons. The lowest BCUT2D eigenvalue weighted by Gasteiger charge is -2.19. The van der Waals surface area contributed by atoms with Crippen molar-refractivity contribution < 1.29 is 23.2 Å². The van der Waals surface area contributed by atoms with Gasteiger partial charge in [-0.1, -0.05) is 12.1 Å². The summed E-state index contributed by atoms with van der Waals surface area (Å²) >= 11 is 0. The molecule has 2 aromatic carbocycles. The second-order valence-electron chi connectivity index (χ2n) is 7.58. The molecule has 8 heteroatoms. The lowest BCUT2D eigenvalue weighted by atomic mass is 10.2. The van der Waals surface area contributed by atoms with Crippen molar-refractivity contribution in [3.05, 3.63) is 102 Å². The minimum atomic E-state index is -0.273. The summed E-state index contributed by atoms with van der Waals surface area (Å²) in [6.07, 6.45) is 3.21. The minimum Gasteiger partial charge on any atom is -0.495 e. The Hall–Kier alpha value is -4.30. The van der Waals surface area contributed by atoms with Crippen LogP contribution in [0.4, 0.5) is 11.4 Å². The van der Waals surface area contributed by atoms with Crippen LogP contribution in [0.25, 0.3) is 0 Å². The molecule has 2 aromatic heterocycles. The molecular weight excluding hydrogens is 434 g/mol. The summed E-state index contributed by atoms with van der Waals surface area (Å²) in [6, 6.07) is 21.2. The lowest BCUT2D eigenvalue weighted by molar-refractivity contribution is -0.117. The van der Waals surface area contributed by atoms with Gasteiger partial charge in [0, 0.05) is 11.3 Å². The van der Waals surface area contributed by atoms with Crippen LogP contribution in [-0.2, 0) is 17.9 Å². The van der Waals surface area contributed by atoms with Crippen molar-refractivity contribution in [2.75, 3.05) is 24.3 Å². The summed E-state index contributed by atoms with van der Waals surface area (Å²) in [4.78, 5) is 27.2. The van der Waals surface area contributed by atoms with E-state index in [1.165, 1.54) is 0 Å². The van der Waals surface area contributed by atoms with Crippen LogP contribution in [-0.4, -0.2) is 30.4 Å². The van der Waals surface area contributed by atoms with E-state index in [-0.39, 0.29) is 18.4 Å². The molecule has 4 rings (SSSR count). The van der Waals surface area contributed by atoms with E-state index >= 15 is 0 Å². The molecule has 0 saturated heterocycles. The molecular formula is C26H25N3O5. The van der Waals surface area contributed by atoms with Gasteiger partial charge in [-0.25, -0.2) is 0 Å². The number of nitrogens with one attached hydrogen (secondary N) is 2. The third kappa shape index (κ3) is 6.14. The van der Waals surface area contributed by atoms with E-state index in [4.69, 9.17) is 13.6 Å². The standard InChI is InChI=1S/C26H25N3O5/c1-32-24-9-3-2-8-23(24)28-26(31)19-10-12-20(13-11-19)27-25(30)18-29(16-21-6-4-14-33-21)17-22-7-5-15-34-22/h2-15H,16-18H2,1H3,(H,27,30)(H,28,31).